The largest absolute Gasteiger partial charge is 0.481 e. The van der Waals surface area contributed by atoms with E-state index < -0.39 is 30.4 Å². The molecule has 1 aliphatic rings. The molecule has 0 aromatic rings. The van der Waals surface area contributed by atoms with Crippen LogP contribution in [0.25, 0.3) is 0 Å². The highest BCUT2D eigenvalue weighted by Crippen LogP contribution is 2.19. The number of aliphatic carboxylic acids is 2. The lowest BCUT2D eigenvalue weighted by atomic mass is 10.1. The van der Waals surface area contributed by atoms with Crippen molar-refractivity contribution in [2.45, 2.75) is 25.3 Å². The number of likely N-dealkylation sites (tertiary alicyclic amines) is 1. The van der Waals surface area contributed by atoms with Crippen molar-refractivity contribution in [3.05, 3.63) is 0 Å². The quantitative estimate of drug-likeness (QED) is 0.508. The molecule has 0 aromatic carbocycles. The van der Waals surface area contributed by atoms with Crippen LogP contribution in [0.4, 0.5) is 4.79 Å². The number of nitrogens with zero attached hydrogens (tertiary/aromatic N) is 1. The number of carbonyl (C=O) groups is 3. The summed E-state index contributed by atoms with van der Waals surface area (Å²) in [7, 11) is 0. The standard InChI is InChI=1S/C11H18N2O6/c14-4-2-7-1-3-13(6-7)11(19)12-8(10(17)18)5-9(15)16/h7-8,14H,1-6H2,(H,12,19)(H,15,16)(H,17,18). The Morgan fingerprint density at radius 1 is 1.32 bits per heavy atom. The first kappa shape index (κ1) is 15.2. The molecule has 0 aromatic heterocycles. The van der Waals surface area contributed by atoms with Gasteiger partial charge in [-0.15, -0.1) is 0 Å². The number of hydrogen-bond acceptors (Lipinski definition) is 4. The summed E-state index contributed by atoms with van der Waals surface area (Å²) >= 11 is 0. The van der Waals surface area contributed by atoms with E-state index in [-0.39, 0.29) is 12.5 Å². The van der Waals surface area contributed by atoms with E-state index >= 15 is 0 Å². The number of aliphatic hydroxyl groups excluding tert-OH is 1. The van der Waals surface area contributed by atoms with Crippen LogP contribution in [0.1, 0.15) is 19.3 Å². The number of hydrogen-bond donors (Lipinski definition) is 4. The topological polar surface area (TPSA) is 127 Å². The molecule has 0 radical (unpaired) electrons. The van der Waals surface area contributed by atoms with E-state index in [1.807, 2.05) is 0 Å². The third-order valence-electron chi connectivity index (χ3n) is 3.08. The summed E-state index contributed by atoms with van der Waals surface area (Å²) in [6.07, 6.45) is 0.695. The fraction of sp³-hybridized carbons (Fsp3) is 0.727. The molecule has 1 saturated heterocycles. The number of carboxylic acid groups (broad SMARTS) is 2. The first-order valence-corrected chi connectivity index (χ1v) is 6.05. The maximum absolute atomic E-state index is 11.8. The second kappa shape index (κ2) is 6.93. The van der Waals surface area contributed by atoms with E-state index in [1.54, 1.807) is 0 Å². The highest BCUT2D eigenvalue weighted by atomic mass is 16.4. The minimum atomic E-state index is -1.43. The van der Waals surface area contributed by atoms with E-state index in [2.05, 4.69) is 5.32 Å². The van der Waals surface area contributed by atoms with Crippen LogP contribution in [0.15, 0.2) is 0 Å². The van der Waals surface area contributed by atoms with Gasteiger partial charge in [0.1, 0.15) is 6.04 Å². The Hall–Kier alpha value is -1.83. The molecule has 1 fully saturated rings. The van der Waals surface area contributed by atoms with Gasteiger partial charge >= 0.3 is 18.0 Å². The van der Waals surface area contributed by atoms with Gasteiger partial charge in [0, 0.05) is 19.7 Å². The summed E-state index contributed by atoms with van der Waals surface area (Å²) in [6, 6.07) is -2.00. The lowest BCUT2D eigenvalue weighted by Crippen LogP contribution is -2.48. The van der Waals surface area contributed by atoms with Crippen LogP contribution in [0.3, 0.4) is 0 Å². The fourth-order valence-electron chi connectivity index (χ4n) is 2.05. The highest BCUT2D eigenvalue weighted by Gasteiger charge is 2.29. The van der Waals surface area contributed by atoms with E-state index in [4.69, 9.17) is 15.3 Å². The number of carbonyl (C=O) groups excluding carboxylic acids is 1. The van der Waals surface area contributed by atoms with Gasteiger partial charge in [-0.3, -0.25) is 4.79 Å². The molecule has 8 nitrogen and oxygen atoms in total. The number of urea groups is 1. The third-order valence-corrected chi connectivity index (χ3v) is 3.08. The zero-order chi connectivity index (χ0) is 14.4. The third kappa shape index (κ3) is 4.74. The molecule has 0 saturated carbocycles. The summed E-state index contributed by atoms with van der Waals surface area (Å²) in [5, 5.41) is 28.4. The van der Waals surface area contributed by atoms with E-state index in [0.29, 0.717) is 19.5 Å². The van der Waals surface area contributed by atoms with Gasteiger partial charge in [-0.2, -0.15) is 0 Å². The maximum atomic E-state index is 11.8. The van der Waals surface area contributed by atoms with Crippen LogP contribution in [0.2, 0.25) is 0 Å². The summed E-state index contributed by atoms with van der Waals surface area (Å²) in [5.41, 5.74) is 0. The van der Waals surface area contributed by atoms with Crippen molar-refractivity contribution in [1.29, 1.82) is 0 Å². The number of rotatable bonds is 6. The number of carboxylic acids is 2. The molecular formula is C11H18N2O6. The molecule has 2 unspecified atom stereocenters. The summed E-state index contributed by atoms with van der Waals surface area (Å²) in [6.45, 7) is 0.985. The smallest absolute Gasteiger partial charge is 0.326 e. The summed E-state index contributed by atoms with van der Waals surface area (Å²) < 4.78 is 0. The van der Waals surface area contributed by atoms with Gasteiger partial charge in [0.2, 0.25) is 0 Å². The minimum absolute atomic E-state index is 0.0525. The molecule has 0 bridgehead atoms. The average Bonchev–Trinajstić information content (AvgIpc) is 2.76. The molecule has 4 N–H and O–H groups in total. The molecule has 108 valence electrons. The van der Waals surface area contributed by atoms with Crippen LogP contribution in [0.5, 0.6) is 0 Å². The van der Waals surface area contributed by atoms with E-state index in [9.17, 15) is 14.4 Å². The van der Waals surface area contributed by atoms with Crippen LogP contribution in [-0.4, -0.2) is 63.9 Å². The Morgan fingerprint density at radius 2 is 2.00 bits per heavy atom. The predicted octanol–water partition coefficient (Wildman–Crippen LogP) is -0.672. The molecule has 2 amide bonds. The molecule has 0 aliphatic carbocycles. The van der Waals surface area contributed by atoms with Gasteiger partial charge in [-0.1, -0.05) is 0 Å². The lowest BCUT2D eigenvalue weighted by Gasteiger charge is -2.20. The molecule has 2 atom stereocenters. The van der Waals surface area contributed by atoms with Crippen LogP contribution < -0.4 is 5.32 Å². The number of amides is 2. The zero-order valence-corrected chi connectivity index (χ0v) is 10.4. The Balaban J connectivity index is 2.49. The Labute approximate surface area is 110 Å². The first-order valence-electron chi connectivity index (χ1n) is 6.05. The van der Waals surface area contributed by atoms with Gasteiger partial charge < -0.3 is 25.5 Å². The van der Waals surface area contributed by atoms with Crippen molar-refractivity contribution < 1.29 is 29.7 Å². The fourth-order valence-corrected chi connectivity index (χ4v) is 2.05. The SMILES string of the molecule is O=C(O)CC(NC(=O)N1CCC(CCO)C1)C(=O)O. The second-order valence-corrected chi connectivity index (χ2v) is 4.55. The van der Waals surface area contributed by atoms with Crippen molar-refractivity contribution in [2.75, 3.05) is 19.7 Å². The zero-order valence-electron chi connectivity index (χ0n) is 10.4. The van der Waals surface area contributed by atoms with E-state index in [1.165, 1.54) is 4.90 Å². The van der Waals surface area contributed by atoms with E-state index in [0.717, 1.165) is 6.42 Å². The van der Waals surface area contributed by atoms with Crippen molar-refractivity contribution >= 4 is 18.0 Å². The van der Waals surface area contributed by atoms with Crippen LogP contribution in [-0.2, 0) is 9.59 Å². The lowest BCUT2D eigenvalue weighted by molar-refractivity contribution is -0.145. The minimum Gasteiger partial charge on any atom is -0.481 e. The molecule has 1 aliphatic heterocycles. The number of nitrogens with one attached hydrogen (secondary N) is 1. The highest BCUT2D eigenvalue weighted by molar-refractivity contribution is 5.86. The molecule has 0 spiro atoms. The first-order chi connectivity index (χ1) is 8.93. The van der Waals surface area contributed by atoms with Crippen molar-refractivity contribution in [1.82, 2.24) is 10.2 Å². The monoisotopic (exact) mass is 274 g/mol. The summed E-state index contributed by atoms with van der Waals surface area (Å²) in [4.78, 5) is 34.6. The van der Waals surface area contributed by atoms with Gasteiger partial charge in [-0.05, 0) is 18.8 Å². The normalized spacial score (nSPS) is 20.1. The van der Waals surface area contributed by atoms with Gasteiger partial charge in [-0.25, -0.2) is 9.59 Å². The van der Waals surface area contributed by atoms with Crippen molar-refractivity contribution in [3.63, 3.8) is 0 Å². The van der Waals surface area contributed by atoms with Gasteiger partial charge in [0.25, 0.3) is 0 Å². The van der Waals surface area contributed by atoms with Crippen molar-refractivity contribution in [3.8, 4) is 0 Å². The molecule has 1 rings (SSSR count). The molecular weight excluding hydrogens is 256 g/mol. The average molecular weight is 274 g/mol. The van der Waals surface area contributed by atoms with Crippen LogP contribution >= 0.6 is 0 Å². The van der Waals surface area contributed by atoms with Gasteiger partial charge in [0.15, 0.2) is 0 Å². The van der Waals surface area contributed by atoms with Gasteiger partial charge in [0.05, 0.1) is 6.42 Å². The Bertz CT molecular complexity index is 359. The maximum Gasteiger partial charge on any atom is 0.326 e. The van der Waals surface area contributed by atoms with Crippen molar-refractivity contribution in [2.24, 2.45) is 5.92 Å². The van der Waals surface area contributed by atoms with Crippen LogP contribution in [0, 0.1) is 5.92 Å². The Kier molecular flexibility index (Phi) is 5.56. The second-order valence-electron chi connectivity index (χ2n) is 4.55. The summed E-state index contributed by atoms with van der Waals surface area (Å²) in [5.74, 6) is -2.45. The molecule has 8 heteroatoms. The molecule has 1 heterocycles. The molecule has 19 heavy (non-hydrogen) atoms. The predicted molar refractivity (Wildman–Crippen MR) is 63.6 cm³/mol. The number of aliphatic hydroxyl groups is 1. The Morgan fingerprint density at radius 3 is 2.53 bits per heavy atom.